The first kappa shape index (κ1) is 10.3. The summed E-state index contributed by atoms with van der Waals surface area (Å²) in [4.78, 5) is 15.9. The smallest absolute Gasteiger partial charge is 0.350 e. The molecule has 1 heterocycles. The molecule has 0 fully saturated rings. The number of oxime groups is 1. The molecular formula is C8H12ClNO3. The Hall–Kier alpha value is -0.770. The van der Waals surface area contributed by atoms with Crippen LogP contribution in [0.1, 0.15) is 26.2 Å². The van der Waals surface area contributed by atoms with Crippen LogP contribution in [0.5, 0.6) is 0 Å². The SMILES string of the molecule is CCCCOC(=O)[C@@H]1CC(Cl)=NO1. The predicted molar refractivity (Wildman–Crippen MR) is 48.6 cm³/mol. The minimum Gasteiger partial charge on any atom is -0.463 e. The van der Waals surface area contributed by atoms with Crippen molar-refractivity contribution in [2.45, 2.75) is 32.3 Å². The van der Waals surface area contributed by atoms with Crippen LogP contribution in [0.4, 0.5) is 0 Å². The number of hydrogen-bond donors (Lipinski definition) is 0. The number of halogens is 1. The average Bonchev–Trinajstić information content (AvgIpc) is 2.52. The molecule has 0 saturated carbocycles. The Morgan fingerprint density at radius 3 is 3.15 bits per heavy atom. The summed E-state index contributed by atoms with van der Waals surface area (Å²) in [7, 11) is 0. The quantitative estimate of drug-likeness (QED) is 0.518. The van der Waals surface area contributed by atoms with Gasteiger partial charge in [-0.15, -0.1) is 0 Å². The van der Waals surface area contributed by atoms with Crippen molar-refractivity contribution in [2.24, 2.45) is 5.16 Å². The Morgan fingerprint density at radius 1 is 1.85 bits per heavy atom. The molecule has 0 radical (unpaired) electrons. The topological polar surface area (TPSA) is 47.9 Å². The lowest BCUT2D eigenvalue weighted by atomic mass is 10.3. The van der Waals surface area contributed by atoms with Gasteiger partial charge in [0.05, 0.1) is 13.0 Å². The van der Waals surface area contributed by atoms with Crippen molar-refractivity contribution in [1.82, 2.24) is 0 Å². The van der Waals surface area contributed by atoms with Crippen molar-refractivity contribution >= 4 is 22.7 Å². The third-order valence-corrected chi connectivity index (χ3v) is 1.86. The first-order chi connectivity index (χ1) is 6.24. The van der Waals surface area contributed by atoms with Crippen molar-refractivity contribution in [3.63, 3.8) is 0 Å². The van der Waals surface area contributed by atoms with E-state index in [4.69, 9.17) is 21.2 Å². The summed E-state index contributed by atoms with van der Waals surface area (Å²) in [5.74, 6) is -0.382. The standard InChI is InChI=1S/C8H12ClNO3/c1-2-3-4-12-8(11)6-5-7(9)10-13-6/h6H,2-5H2,1H3/t6-/m0/s1. The molecule has 0 unspecified atom stereocenters. The van der Waals surface area contributed by atoms with Crippen LogP contribution in [0.3, 0.4) is 0 Å². The normalized spacial score (nSPS) is 20.8. The zero-order valence-corrected chi connectivity index (χ0v) is 8.21. The monoisotopic (exact) mass is 205 g/mol. The average molecular weight is 206 g/mol. The molecule has 5 heteroatoms. The van der Waals surface area contributed by atoms with Gasteiger partial charge in [-0.1, -0.05) is 30.1 Å². The summed E-state index contributed by atoms with van der Waals surface area (Å²) < 4.78 is 4.92. The van der Waals surface area contributed by atoms with Gasteiger partial charge < -0.3 is 9.57 Å². The zero-order chi connectivity index (χ0) is 9.68. The molecule has 1 aliphatic rings. The Labute approximate surface area is 81.8 Å². The predicted octanol–water partition coefficient (Wildman–Crippen LogP) is 1.67. The van der Waals surface area contributed by atoms with Gasteiger partial charge in [-0.05, 0) is 6.42 Å². The second-order valence-electron chi connectivity index (χ2n) is 2.79. The van der Waals surface area contributed by atoms with Gasteiger partial charge in [0.1, 0.15) is 5.17 Å². The summed E-state index contributed by atoms with van der Waals surface area (Å²) in [6.07, 6.45) is 1.56. The lowest BCUT2D eigenvalue weighted by Gasteiger charge is -2.07. The van der Waals surface area contributed by atoms with Crippen molar-refractivity contribution in [3.05, 3.63) is 0 Å². The van der Waals surface area contributed by atoms with Crippen LogP contribution in [0.15, 0.2) is 5.16 Å². The number of esters is 1. The maximum Gasteiger partial charge on any atom is 0.350 e. The Kier molecular flexibility index (Phi) is 4.02. The fourth-order valence-electron chi connectivity index (χ4n) is 0.885. The number of carbonyl (C=O) groups excluding carboxylic acids is 1. The van der Waals surface area contributed by atoms with E-state index in [1.807, 2.05) is 6.92 Å². The van der Waals surface area contributed by atoms with Gasteiger partial charge in [0.25, 0.3) is 0 Å². The molecule has 1 rings (SSSR count). The second kappa shape index (κ2) is 5.07. The molecule has 4 nitrogen and oxygen atoms in total. The highest BCUT2D eigenvalue weighted by atomic mass is 35.5. The van der Waals surface area contributed by atoms with Crippen LogP contribution in [-0.4, -0.2) is 23.9 Å². The summed E-state index contributed by atoms with van der Waals surface area (Å²) in [6.45, 7) is 2.46. The maximum atomic E-state index is 11.2. The summed E-state index contributed by atoms with van der Waals surface area (Å²) >= 11 is 5.53. The van der Waals surface area contributed by atoms with Crippen LogP contribution in [0.2, 0.25) is 0 Å². The van der Waals surface area contributed by atoms with E-state index in [0.717, 1.165) is 12.8 Å². The van der Waals surface area contributed by atoms with Crippen LogP contribution >= 0.6 is 11.6 Å². The van der Waals surface area contributed by atoms with E-state index in [1.54, 1.807) is 0 Å². The highest BCUT2D eigenvalue weighted by molar-refractivity contribution is 6.65. The van der Waals surface area contributed by atoms with Gasteiger partial charge in [0.2, 0.25) is 6.10 Å². The lowest BCUT2D eigenvalue weighted by molar-refractivity contribution is -0.155. The molecule has 74 valence electrons. The summed E-state index contributed by atoms with van der Waals surface area (Å²) in [5, 5.41) is 3.77. The van der Waals surface area contributed by atoms with Gasteiger partial charge in [0, 0.05) is 0 Å². The minimum absolute atomic E-state index is 0.317. The fraction of sp³-hybridized carbons (Fsp3) is 0.750. The van der Waals surface area contributed by atoms with Gasteiger partial charge in [-0.3, -0.25) is 0 Å². The molecule has 0 saturated heterocycles. The van der Waals surface area contributed by atoms with Gasteiger partial charge in [-0.2, -0.15) is 0 Å². The summed E-state index contributed by atoms with van der Waals surface area (Å²) in [6, 6.07) is 0. The Bertz CT molecular complexity index is 217. The molecule has 1 aliphatic heterocycles. The summed E-state index contributed by atoms with van der Waals surface area (Å²) in [5.41, 5.74) is 0. The van der Waals surface area contributed by atoms with Crippen molar-refractivity contribution in [1.29, 1.82) is 0 Å². The van der Waals surface area contributed by atoms with E-state index >= 15 is 0 Å². The number of rotatable bonds is 4. The fourth-order valence-corrected chi connectivity index (χ4v) is 1.06. The molecule has 0 amide bonds. The number of carbonyl (C=O) groups is 1. The molecule has 0 aliphatic carbocycles. The first-order valence-electron chi connectivity index (χ1n) is 4.29. The van der Waals surface area contributed by atoms with Crippen molar-refractivity contribution in [2.75, 3.05) is 6.61 Å². The molecule has 1 atom stereocenters. The molecule has 0 aromatic rings. The first-order valence-corrected chi connectivity index (χ1v) is 4.66. The molecule has 0 aromatic carbocycles. The molecule has 0 bridgehead atoms. The highest BCUT2D eigenvalue weighted by Gasteiger charge is 2.28. The third-order valence-electron chi connectivity index (χ3n) is 1.64. The van der Waals surface area contributed by atoms with E-state index in [-0.39, 0.29) is 5.97 Å². The second-order valence-corrected chi connectivity index (χ2v) is 3.22. The lowest BCUT2D eigenvalue weighted by Crippen LogP contribution is -2.23. The number of hydrogen-bond acceptors (Lipinski definition) is 4. The van der Waals surface area contributed by atoms with Crippen LogP contribution in [-0.2, 0) is 14.4 Å². The van der Waals surface area contributed by atoms with Crippen LogP contribution in [0.25, 0.3) is 0 Å². The van der Waals surface area contributed by atoms with E-state index in [2.05, 4.69) is 5.16 Å². The van der Waals surface area contributed by atoms with E-state index in [0.29, 0.717) is 18.2 Å². The van der Waals surface area contributed by atoms with Gasteiger partial charge in [-0.25, -0.2) is 4.79 Å². The maximum absolute atomic E-state index is 11.2. The zero-order valence-electron chi connectivity index (χ0n) is 7.46. The molecular weight excluding hydrogens is 194 g/mol. The molecule has 0 spiro atoms. The Morgan fingerprint density at radius 2 is 2.62 bits per heavy atom. The van der Waals surface area contributed by atoms with E-state index in [9.17, 15) is 4.79 Å². The van der Waals surface area contributed by atoms with Crippen LogP contribution < -0.4 is 0 Å². The van der Waals surface area contributed by atoms with Crippen molar-refractivity contribution in [3.8, 4) is 0 Å². The number of nitrogens with zero attached hydrogens (tertiary/aromatic N) is 1. The van der Waals surface area contributed by atoms with E-state index in [1.165, 1.54) is 0 Å². The minimum atomic E-state index is -0.635. The van der Waals surface area contributed by atoms with Gasteiger partial charge >= 0.3 is 5.97 Å². The third kappa shape index (κ3) is 3.22. The highest BCUT2D eigenvalue weighted by Crippen LogP contribution is 2.14. The molecule has 0 aromatic heterocycles. The molecule has 0 N–H and O–H groups in total. The van der Waals surface area contributed by atoms with E-state index < -0.39 is 6.10 Å². The van der Waals surface area contributed by atoms with Crippen LogP contribution in [0, 0.1) is 0 Å². The Balaban J connectivity index is 2.18. The largest absolute Gasteiger partial charge is 0.463 e. The van der Waals surface area contributed by atoms with Gasteiger partial charge in [0.15, 0.2) is 0 Å². The number of unbranched alkanes of at least 4 members (excludes halogenated alkanes) is 1. The number of ether oxygens (including phenoxy) is 1. The van der Waals surface area contributed by atoms with Crippen molar-refractivity contribution < 1.29 is 14.4 Å². The molecule has 13 heavy (non-hydrogen) atoms.